The van der Waals surface area contributed by atoms with Gasteiger partial charge in [-0.25, -0.2) is 0 Å². The molecule has 0 saturated carbocycles. The molecular weight excluding hydrogens is 487 g/mol. The fourth-order valence-corrected chi connectivity index (χ4v) is 18.1. The molecule has 3 heteroatoms. The molecule has 0 saturated heterocycles. The molecule has 0 aliphatic carbocycles. The molecule has 0 unspecified atom stereocenters. The second kappa shape index (κ2) is 11.9. The van der Waals surface area contributed by atoms with Crippen molar-refractivity contribution >= 4 is 35.1 Å². The number of allylic oxidation sites excluding steroid dienone is 1. The summed E-state index contributed by atoms with van der Waals surface area (Å²) in [5.41, 5.74) is 0. The summed E-state index contributed by atoms with van der Waals surface area (Å²) in [5, 5.41) is 0. The van der Waals surface area contributed by atoms with Gasteiger partial charge in [0.1, 0.15) is 0 Å². The normalized spacial score (nSPS) is 11.9. The molecule has 0 N–H and O–H groups in total. The van der Waals surface area contributed by atoms with E-state index >= 15 is 0 Å². The van der Waals surface area contributed by atoms with Gasteiger partial charge >= 0.3 is 191 Å². The van der Waals surface area contributed by atoms with Gasteiger partial charge < -0.3 is 0 Å². The van der Waals surface area contributed by atoms with E-state index in [2.05, 4.69) is 85.8 Å². The van der Waals surface area contributed by atoms with Gasteiger partial charge in [0.25, 0.3) is 0 Å². The van der Waals surface area contributed by atoms with Crippen LogP contribution in [-0.2, 0) is 9.53 Å². The minimum absolute atomic E-state index is 0.161. The number of carbonyl (C=O) groups is 1. The van der Waals surface area contributed by atoms with Crippen LogP contribution in [0.25, 0.3) is 0 Å². The van der Waals surface area contributed by atoms with Gasteiger partial charge in [-0.05, 0) is 0 Å². The Morgan fingerprint density at radius 3 is 1.58 bits per heavy atom. The standard InChI is InChI=1S/C10H17O2.3C6H5.Sn/c1-3-5-6-7-8-9-10(11)12-4-2;3*1-2-4-6-5-3-1;/h8H,3-7H2,1-2H3;3*1-5H;. The zero-order chi connectivity index (χ0) is 21.9. The van der Waals surface area contributed by atoms with Crippen LogP contribution in [0.1, 0.15) is 39.5 Å². The van der Waals surface area contributed by atoms with Crippen molar-refractivity contribution < 1.29 is 9.53 Å². The van der Waals surface area contributed by atoms with Crippen molar-refractivity contribution in [1.82, 2.24) is 0 Å². The second-order valence-electron chi connectivity index (χ2n) is 7.68. The summed E-state index contributed by atoms with van der Waals surface area (Å²) in [4.78, 5) is 13.5. The fourth-order valence-electron chi connectivity index (χ4n) is 4.27. The zero-order valence-electron chi connectivity index (χ0n) is 18.6. The van der Waals surface area contributed by atoms with Crippen LogP contribution >= 0.6 is 0 Å². The third kappa shape index (κ3) is 5.30. The number of benzene rings is 3. The SMILES string of the molecule is CCCCC/C=[C](/C(=O)OCC)[Sn]([c]1ccccc1)([c]1ccccc1)[c]1ccccc1. The summed E-state index contributed by atoms with van der Waals surface area (Å²) in [6.07, 6.45) is 6.51. The number of hydrogen-bond acceptors (Lipinski definition) is 2. The van der Waals surface area contributed by atoms with Gasteiger partial charge in [-0.1, -0.05) is 0 Å². The van der Waals surface area contributed by atoms with Gasteiger partial charge in [0.05, 0.1) is 0 Å². The van der Waals surface area contributed by atoms with Gasteiger partial charge in [0, 0.05) is 0 Å². The van der Waals surface area contributed by atoms with Crippen molar-refractivity contribution in [3.63, 3.8) is 0 Å². The second-order valence-corrected chi connectivity index (χ2v) is 18.4. The molecule has 0 fully saturated rings. The van der Waals surface area contributed by atoms with Crippen LogP contribution in [0.5, 0.6) is 0 Å². The number of hydrogen-bond donors (Lipinski definition) is 0. The molecule has 0 amide bonds. The van der Waals surface area contributed by atoms with E-state index in [1.165, 1.54) is 10.7 Å². The number of ether oxygens (including phenoxy) is 1. The van der Waals surface area contributed by atoms with Gasteiger partial charge in [0.15, 0.2) is 0 Å². The monoisotopic (exact) mass is 520 g/mol. The van der Waals surface area contributed by atoms with Gasteiger partial charge in [-0.3, -0.25) is 0 Å². The molecule has 2 nitrogen and oxygen atoms in total. The molecule has 0 spiro atoms. The first-order valence-corrected chi connectivity index (χ1v) is 17.0. The quantitative estimate of drug-likeness (QED) is 0.167. The Hall–Kier alpha value is -2.33. The van der Waals surface area contributed by atoms with Crippen LogP contribution < -0.4 is 10.7 Å². The molecule has 0 atom stereocenters. The van der Waals surface area contributed by atoms with Crippen molar-refractivity contribution in [2.24, 2.45) is 0 Å². The number of carbonyl (C=O) groups excluding carboxylic acids is 1. The molecule has 160 valence electrons. The molecule has 3 aromatic rings. The van der Waals surface area contributed by atoms with Crippen LogP contribution in [0.4, 0.5) is 0 Å². The molecule has 0 aliphatic rings. The van der Waals surface area contributed by atoms with Crippen LogP contribution in [-0.4, -0.2) is 31.0 Å². The maximum absolute atomic E-state index is 13.5. The number of unbranched alkanes of at least 4 members (excludes halogenated alkanes) is 3. The van der Waals surface area contributed by atoms with Crippen LogP contribution in [0.15, 0.2) is 101 Å². The summed E-state index contributed by atoms with van der Waals surface area (Å²) >= 11 is -3.89. The first-order valence-electron chi connectivity index (χ1n) is 11.3. The Morgan fingerprint density at radius 1 is 0.742 bits per heavy atom. The third-order valence-corrected chi connectivity index (χ3v) is 19.4. The summed E-state index contributed by atoms with van der Waals surface area (Å²) in [7, 11) is 0. The Morgan fingerprint density at radius 2 is 1.19 bits per heavy atom. The van der Waals surface area contributed by atoms with E-state index in [4.69, 9.17) is 4.74 Å². The van der Waals surface area contributed by atoms with E-state index in [0.717, 1.165) is 29.3 Å². The van der Waals surface area contributed by atoms with Crippen molar-refractivity contribution in [3.8, 4) is 0 Å². The van der Waals surface area contributed by atoms with Crippen molar-refractivity contribution in [1.29, 1.82) is 0 Å². The predicted octanol–water partition coefficient (Wildman–Crippen LogP) is 4.77. The average molecular weight is 519 g/mol. The van der Waals surface area contributed by atoms with Crippen LogP contribution in [0.3, 0.4) is 0 Å². The predicted molar refractivity (Wildman–Crippen MR) is 133 cm³/mol. The first kappa shape index (κ1) is 23.3. The summed E-state index contributed by atoms with van der Waals surface area (Å²) in [6, 6.07) is 31.9. The Bertz CT molecular complexity index is 869. The molecule has 0 aromatic heterocycles. The van der Waals surface area contributed by atoms with Gasteiger partial charge in [0.2, 0.25) is 0 Å². The summed E-state index contributed by atoms with van der Waals surface area (Å²) < 4.78 is 10.4. The topological polar surface area (TPSA) is 26.3 Å². The van der Waals surface area contributed by atoms with Gasteiger partial charge in [-0.2, -0.15) is 0 Å². The van der Waals surface area contributed by atoms with E-state index in [1.54, 1.807) is 0 Å². The van der Waals surface area contributed by atoms with Crippen molar-refractivity contribution in [2.45, 2.75) is 39.5 Å². The molecule has 0 bridgehead atoms. The summed E-state index contributed by atoms with van der Waals surface area (Å²) in [5.74, 6) is -0.161. The van der Waals surface area contributed by atoms with Gasteiger partial charge in [-0.15, -0.1) is 0 Å². The Kier molecular flexibility index (Phi) is 8.96. The van der Waals surface area contributed by atoms with Crippen molar-refractivity contribution in [3.05, 3.63) is 101 Å². The molecule has 0 radical (unpaired) electrons. The Balaban J connectivity index is 2.35. The third-order valence-electron chi connectivity index (χ3n) is 5.68. The summed E-state index contributed by atoms with van der Waals surface area (Å²) in [6.45, 7) is 4.47. The van der Waals surface area contributed by atoms with Crippen LogP contribution in [0, 0.1) is 0 Å². The van der Waals surface area contributed by atoms with E-state index in [-0.39, 0.29) is 5.97 Å². The molecule has 3 rings (SSSR count). The maximum atomic E-state index is 13.5. The fraction of sp³-hybridized carbons (Fsp3) is 0.250. The van der Waals surface area contributed by atoms with E-state index in [1.807, 2.05) is 25.1 Å². The minimum atomic E-state index is -3.89. The van der Waals surface area contributed by atoms with E-state index < -0.39 is 18.4 Å². The average Bonchev–Trinajstić information content (AvgIpc) is 2.83. The number of esters is 1. The van der Waals surface area contributed by atoms with E-state index in [9.17, 15) is 4.79 Å². The van der Waals surface area contributed by atoms with Crippen molar-refractivity contribution in [2.75, 3.05) is 6.61 Å². The number of rotatable bonds is 10. The Labute approximate surface area is 190 Å². The molecule has 31 heavy (non-hydrogen) atoms. The molecule has 3 aromatic carbocycles. The molecular formula is C28H32O2Sn. The molecule has 0 heterocycles. The first-order chi connectivity index (χ1) is 15.2. The zero-order valence-corrected chi connectivity index (χ0v) is 21.4. The molecule has 0 aliphatic heterocycles. The van der Waals surface area contributed by atoms with Crippen LogP contribution in [0.2, 0.25) is 0 Å². The van der Waals surface area contributed by atoms with E-state index in [0.29, 0.717) is 6.61 Å².